The smallest absolute Gasteiger partial charge is 0.406 e. The number of ether oxygens (including phenoxy) is 1. The lowest BCUT2D eigenvalue weighted by molar-refractivity contribution is -0.140. The lowest BCUT2D eigenvalue weighted by Crippen LogP contribution is -2.50. The van der Waals surface area contributed by atoms with Gasteiger partial charge in [-0.2, -0.15) is 18.4 Å². The van der Waals surface area contributed by atoms with Crippen LogP contribution in [0.1, 0.15) is 24.1 Å². The highest BCUT2D eigenvalue weighted by Crippen LogP contribution is 2.33. The molecule has 1 aromatic rings. The topological polar surface area (TPSA) is 82.4 Å². The normalized spacial score (nSPS) is 17.8. The van der Waals surface area contributed by atoms with Gasteiger partial charge in [0.25, 0.3) is 0 Å². The number of hydrogen-bond donors (Lipinski definition) is 1. The number of carbonyl (C=O) groups excluding carboxylic acids is 2. The van der Waals surface area contributed by atoms with E-state index in [1.54, 1.807) is 12.1 Å². The number of benzene rings is 1. The van der Waals surface area contributed by atoms with Gasteiger partial charge in [-0.3, -0.25) is 4.90 Å². The fourth-order valence-corrected chi connectivity index (χ4v) is 2.56. The number of nitrogens with zero attached hydrogens (tertiary/aromatic N) is 2. The number of nitrogens with one attached hydrogen (secondary N) is 1. The fraction of sp³-hybridized carbons (Fsp3) is 0.312. The van der Waals surface area contributed by atoms with Crippen LogP contribution in [0.2, 0.25) is 0 Å². The minimum atomic E-state index is -4.63. The van der Waals surface area contributed by atoms with Gasteiger partial charge in [-0.1, -0.05) is 12.1 Å². The monoisotopic (exact) mass is 353 g/mol. The third-order valence-electron chi connectivity index (χ3n) is 3.69. The number of allylic oxidation sites excluding steroid dienone is 1. The Labute approximate surface area is 141 Å². The standard InChI is InChI=1S/C16H14F3N3O3/c1-9-12(14(23)25-2)13(11-5-3-4-10(6-11)7-20)21-15(24)22(9)8-16(17,18)19/h3-6,13H,8H2,1-2H3,(H,21,24)/t13-/m0/s1. The summed E-state index contributed by atoms with van der Waals surface area (Å²) in [6.45, 7) is -0.284. The van der Waals surface area contributed by atoms with Gasteiger partial charge < -0.3 is 10.1 Å². The summed E-state index contributed by atoms with van der Waals surface area (Å²) in [5.74, 6) is -0.864. The molecule has 0 fully saturated rings. The molecular weight excluding hydrogens is 339 g/mol. The van der Waals surface area contributed by atoms with Crippen molar-refractivity contribution in [3.63, 3.8) is 0 Å². The van der Waals surface area contributed by atoms with Crippen LogP contribution in [-0.2, 0) is 9.53 Å². The highest BCUT2D eigenvalue weighted by Gasteiger charge is 2.41. The molecule has 0 radical (unpaired) electrons. The molecule has 0 unspecified atom stereocenters. The van der Waals surface area contributed by atoms with E-state index in [1.807, 2.05) is 6.07 Å². The molecule has 0 bridgehead atoms. The van der Waals surface area contributed by atoms with E-state index >= 15 is 0 Å². The summed E-state index contributed by atoms with van der Waals surface area (Å²) >= 11 is 0. The van der Waals surface area contributed by atoms with Crippen LogP contribution in [0.3, 0.4) is 0 Å². The molecule has 6 nitrogen and oxygen atoms in total. The molecule has 0 spiro atoms. The van der Waals surface area contributed by atoms with E-state index in [1.165, 1.54) is 19.1 Å². The van der Waals surface area contributed by atoms with E-state index in [4.69, 9.17) is 5.26 Å². The van der Waals surface area contributed by atoms with Crippen molar-refractivity contribution in [2.75, 3.05) is 13.7 Å². The molecule has 1 aromatic carbocycles. The summed E-state index contributed by atoms with van der Waals surface area (Å²) in [5, 5.41) is 11.4. The molecule has 0 saturated carbocycles. The Bertz CT molecular complexity index is 781. The minimum Gasteiger partial charge on any atom is -0.466 e. The van der Waals surface area contributed by atoms with Gasteiger partial charge in [-0.15, -0.1) is 0 Å². The van der Waals surface area contributed by atoms with Gasteiger partial charge in [0.05, 0.1) is 30.4 Å². The van der Waals surface area contributed by atoms with E-state index in [2.05, 4.69) is 10.1 Å². The van der Waals surface area contributed by atoms with Gasteiger partial charge in [0.1, 0.15) is 6.54 Å². The minimum absolute atomic E-state index is 0.124. The van der Waals surface area contributed by atoms with Crippen molar-refractivity contribution < 1.29 is 27.5 Å². The maximum absolute atomic E-state index is 12.7. The van der Waals surface area contributed by atoms with Crippen LogP contribution in [0.4, 0.5) is 18.0 Å². The lowest BCUT2D eigenvalue weighted by atomic mass is 9.94. The Morgan fingerprint density at radius 2 is 2.12 bits per heavy atom. The molecule has 0 saturated heterocycles. The molecule has 2 amide bonds. The van der Waals surface area contributed by atoms with Crippen molar-refractivity contribution in [1.29, 1.82) is 5.26 Å². The molecular formula is C16H14F3N3O3. The Morgan fingerprint density at radius 1 is 1.44 bits per heavy atom. The van der Waals surface area contributed by atoms with Crippen molar-refractivity contribution in [2.24, 2.45) is 0 Å². The summed E-state index contributed by atoms with van der Waals surface area (Å²) in [7, 11) is 1.09. The van der Waals surface area contributed by atoms with Crippen molar-refractivity contribution in [3.8, 4) is 6.07 Å². The molecule has 132 valence electrons. The van der Waals surface area contributed by atoms with Crippen LogP contribution in [0.5, 0.6) is 0 Å². The number of alkyl halides is 3. The number of urea groups is 1. The van der Waals surface area contributed by atoms with E-state index in [0.29, 0.717) is 10.5 Å². The SMILES string of the molecule is COC(=O)C1=C(C)N(CC(F)(F)F)C(=O)N[C@H]1c1cccc(C#N)c1. The van der Waals surface area contributed by atoms with Crippen LogP contribution in [0.15, 0.2) is 35.5 Å². The maximum atomic E-state index is 12.7. The first-order chi connectivity index (χ1) is 11.7. The Kier molecular flexibility index (Phi) is 5.02. The van der Waals surface area contributed by atoms with Crippen molar-refractivity contribution >= 4 is 12.0 Å². The first-order valence-corrected chi connectivity index (χ1v) is 7.12. The van der Waals surface area contributed by atoms with Gasteiger partial charge in [-0.25, -0.2) is 9.59 Å². The van der Waals surface area contributed by atoms with Crippen molar-refractivity contribution in [1.82, 2.24) is 10.2 Å². The molecule has 1 N–H and O–H groups in total. The third kappa shape index (κ3) is 3.91. The average molecular weight is 353 g/mol. The summed E-state index contributed by atoms with van der Waals surface area (Å²) in [4.78, 5) is 24.7. The number of esters is 1. The maximum Gasteiger partial charge on any atom is 0.406 e. The fourth-order valence-electron chi connectivity index (χ4n) is 2.56. The summed E-state index contributed by atoms with van der Waals surface area (Å²) in [6, 6.07) is 5.99. The zero-order chi connectivity index (χ0) is 18.8. The first-order valence-electron chi connectivity index (χ1n) is 7.12. The molecule has 2 rings (SSSR count). The van der Waals surface area contributed by atoms with Crippen LogP contribution < -0.4 is 5.32 Å². The predicted octanol–water partition coefficient (Wildman–Crippen LogP) is 2.63. The quantitative estimate of drug-likeness (QED) is 0.847. The van der Waals surface area contributed by atoms with Gasteiger partial charge in [0, 0.05) is 5.70 Å². The second-order valence-corrected chi connectivity index (χ2v) is 5.31. The molecule has 9 heteroatoms. The largest absolute Gasteiger partial charge is 0.466 e. The van der Waals surface area contributed by atoms with E-state index in [9.17, 15) is 22.8 Å². The molecule has 25 heavy (non-hydrogen) atoms. The summed E-state index contributed by atoms with van der Waals surface area (Å²) < 4.78 is 42.8. The van der Waals surface area contributed by atoms with E-state index in [0.717, 1.165) is 7.11 Å². The van der Waals surface area contributed by atoms with Gasteiger partial charge >= 0.3 is 18.2 Å². The van der Waals surface area contributed by atoms with Gasteiger partial charge in [0.2, 0.25) is 0 Å². The first kappa shape index (κ1) is 18.3. The van der Waals surface area contributed by atoms with Crippen LogP contribution in [0, 0.1) is 11.3 Å². The second kappa shape index (κ2) is 6.84. The Hall–Kier alpha value is -3.02. The summed E-state index contributed by atoms with van der Waals surface area (Å²) in [6.07, 6.45) is -4.63. The predicted molar refractivity (Wildman–Crippen MR) is 79.9 cm³/mol. The van der Waals surface area contributed by atoms with Crippen molar-refractivity contribution in [3.05, 3.63) is 46.7 Å². The van der Waals surface area contributed by atoms with Gasteiger partial charge in [-0.05, 0) is 24.6 Å². The summed E-state index contributed by atoms with van der Waals surface area (Å²) in [5.41, 5.74) is 0.395. The third-order valence-corrected chi connectivity index (χ3v) is 3.69. The number of amides is 2. The Morgan fingerprint density at radius 3 is 2.68 bits per heavy atom. The van der Waals surface area contributed by atoms with Gasteiger partial charge in [0.15, 0.2) is 0 Å². The van der Waals surface area contributed by atoms with Crippen LogP contribution in [0.25, 0.3) is 0 Å². The molecule has 1 heterocycles. The Balaban J connectivity index is 2.55. The highest BCUT2D eigenvalue weighted by atomic mass is 19.4. The number of rotatable bonds is 3. The number of carbonyl (C=O) groups is 2. The van der Waals surface area contributed by atoms with Crippen LogP contribution >= 0.6 is 0 Å². The molecule has 0 aliphatic carbocycles. The average Bonchev–Trinajstić information content (AvgIpc) is 2.56. The number of hydrogen-bond acceptors (Lipinski definition) is 4. The highest BCUT2D eigenvalue weighted by molar-refractivity contribution is 5.95. The molecule has 1 atom stereocenters. The second-order valence-electron chi connectivity index (χ2n) is 5.31. The van der Waals surface area contributed by atoms with Crippen molar-refractivity contribution in [2.45, 2.75) is 19.1 Å². The lowest BCUT2D eigenvalue weighted by Gasteiger charge is -2.35. The van der Waals surface area contributed by atoms with E-state index in [-0.39, 0.29) is 16.8 Å². The molecule has 1 aliphatic heterocycles. The number of halogens is 3. The molecule has 0 aromatic heterocycles. The molecule has 1 aliphatic rings. The van der Waals surface area contributed by atoms with Crippen LogP contribution in [-0.4, -0.2) is 36.7 Å². The number of methoxy groups -OCH3 is 1. The zero-order valence-corrected chi connectivity index (χ0v) is 13.3. The number of nitriles is 1. The van der Waals surface area contributed by atoms with E-state index < -0.39 is 30.8 Å². The zero-order valence-electron chi connectivity index (χ0n) is 13.3.